The highest BCUT2D eigenvalue weighted by Gasteiger charge is 2.12. The second kappa shape index (κ2) is 5.79. The molecule has 20 heavy (non-hydrogen) atoms. The zero-order chi connectivity index (χ0) is 14.7. The van der Waals surface area contributed by atoms with Crippen molar-refractivity contribution in [2.45, 2.75) is 6.92 Å². The third-order valence-electron chi connectivity index (χ3n) is 2.58. The minimum Gasteiger partial charge on any atom is -0.478 e. The Balaban J connectivity index is 2.36. The number of thiazole rings is 1. The predicted octanol–water partition coefficient (Wildman–Crippen LogP) is 3.63. The van der Waals surface area contributed by atoms with Gasteiger partial charge < -0.3 is 10.0 Å². The minimum absolute atomic E-state index is 0.119. The third-order valence-corrected chi connectivity index (χ3v) is 3.42. The Morgan fingerprint density at radius 3 is 2.65 bits per heavy atom. The number of aromatic nitrogens is 1. The number of benzene rings is 1. The fourth-order valence-corrected chi connectivity index (χ4v) is 2.16. The molecule has 6 nitrogen and oxygen atoms in total. The van der Waals surface area contributed by atoms with Crippen molar-refractivity contribution in [3.05, 3.63) is 34.8 Å². The number of carbonyl (C=O) groups is 1. The number of anilines is 1. The normalized spacial score (nSPS) is 10.9. The first-order valence-electron chi connectivity index (χ1n) is 5.86. The molecular weight excluding hydrogens is 276 g/mol. The van der Waals surface area contributed by atoms with Gasteiger partial charge in [-0.2, -0.15) is 0 Å². The Bertz CT molecular complexity index is 664. The SMILES string of the molecule is Cc1csc(N=Nc2ccc(N(C)C)cc2C(=O)O)n1. The molecule has 0 spiro atoms. The first-order chi connectivity index (χ1) is 9.47. The van der Waals surface area contributed by atoms with E-state index in [-0.39, 0.29) is 5.56 Å². The smallest absolute Gasteiger partial charge is 0.338 e. The fraction of sp³-hybridized carbons (Fsp3) is 0.231. The van der Waals surface area contributed by atoms with Gasteiger partial charge in [0, 0.05) is 25.2 Å². The predicted molar refractivity (Wildman–Crippen MR) is 78.8 cm³/mol. The van der Waals surface area contributed by atoms with Crippen LogP contribution >= 0.6 is 11.3 Å². The standard InChI is InChI=1S/C13H14N4O2S/c1-8-7-20-13(14-8)16-15-11-5-4-9(17(2)3)6-10(11)12(18)19/h4-7H,1-3H3,(H,18,19). The molecule has 1 aromatic carbocycles. The number of aromatic carboxylic acids is 1. The molecule has 0 aliphatic heterocycles. The summed E-state index contributed by atoms with van der Waals surface area (Å²) in [6.07, 6.45) is 0. The summed E-state index contributed by atoms with van der Waals surface area (Å²) in [6.45, 7) is 1.87. The molecular formula is C13H14N4O2S. The lowest BCUT2D eigenvalue weighted by Gasteiger charge is -2.13. The molecule has 0 unspecified atom stereocenters. The number of azo groups is 1. The van der Waals surface area contributed by atoms with Crippen LogP contribution in [0.15, 0.2) is 33.8 Å². The molecule has 7 heteroatoms. The van der Waals surface area contributed by atoms with Gasteiger partial charge in [0.05, 0.1) is 11.3 Å². The summed E-state index contributed by atoms with van der Waals surface area (Å²) < 4.78 is 0. The van der Waals surface area contributed by atoms with Crippen LogP contribution in [0, 0.1) is 6.92 Å². The van der Waals surface area contributed by atoms with E-state index in [1.807, 2.05) is 31.3 Å². The number of carboxylic acids is 1. The van der Waals surface area contributed by atoms with Crippen LogP contribution in [0.5, 0.6) is 0 Å². The second-order valence-corrected chi connectivity index (χ2v) is 5.21. The van der Waals surface area contributed by atoms with Gasteiger partial charge in [-0.05, 0) is 25.1 Å². The summed E-state index contributed by atoms with van der Waals surface area (Å²) in [7, 11) is 3.70. The lowest BCUT2D eigenvalue weighted by atomic mass is 10.1. The van der Waals surface area contributed by atoms with Crippen LogP contribution in [-0.2, 0) is 0 Å². The number of hydrogen-bond donors (Lipinski definition) is 1. The zero-order valence-electron chi connectivity index (χ0n) is 11.4. The molecule has 104 valence electrons. The second-order valence-electron chi connectivity index (χ2n) is 4.37. The molecule has 0 saturated heterocycles. The highest BCUT2D eigenvalue weighted by molar-refractivity contribution is 7.13. The molecule has 2 aromatic rings. The minimum atomic E-state index is -1.03. The van der Waals surface area contributed by atoms with Gasteiger partial charge in [-0.1, -0.05) is 0 Å². The Hall–Kier alpha value is -2.28. The number of nitrogens with zero attached hydrogens (tertiary/aromatic N) is 4. The summed E-state index contributed by atoms with van der Waals surface area (Å²) in [4.78, 5) is 17.3. The van der Waals surface area contributed by atoms with Crippen LogP contribution in [-0.4, -0.2) is 30.2 Å². The van der Waals surface area contributed by atoms with Crippen molar-refractivity contribution in [3.8, 4) is 0 Å². The van der Waals surface area contributed by atoms with Crippen molar-refractivity contribution < 1.29 is 9.90 Å². The summed E-state index contributed by atoms with van der Waals surface area (Å²) >= 11 is 1.36. The van der Waals surface area contributed by atoms with Gasteiger partial charge in [-0.15, -0.1) is 21.6 Å². The first kappa shape index (κ1) is 14.1. The molecule has 0 saturated carbocycles. The Kier molecular flexibility index (Phi) is 4.09. The number of hydrogen-bond acceptors (Lipinski definition) is 6. The van der Waals surface area contributed by atoms with Gasteiger partial charge in [-0.25, -0.2) is 9.78 Å². The Morgan fingerprint density at radius 1 is 1.35 bits per heavy atom. The third kappa shape index (κ3) is 3.18. The van der Waals surface area contributed by atoms with Gasteiger partial charge >= 0.3 is 5.97 Å². The van der Waals surface area contributed by atoms with Crippen molar-refractivity contribution in [1.29, 1.82) is 0 Å². The molecule has 0 aliphatic rings. The van der Waals surface area contributed by atoms with E-state index in [1.54, 1.807) is 18.2 Å². The van der Waals surface area contributed by atoms with Crippen LogP contribution in [0.1, 0.15) is 16.1 Å². The van der Waals surface area contributed by atoms with Gasteiger partial charge in [0.2, 0.25) is 5.13 Å². The van der Waals surface area contributed by atoms with E-state index >= 15 is 0 Å². The van der Waals surface area contributed by atoms with Crippen LogP contribution in [0.3, 0.4) is 0 Å². The van der Waals surface area contributed by atoms with E-state index in [0.717, 1.165) is 11.4 Å². The maximum Gasteiger partial charge on any atom is 0.338 e. The van der Waals surface area contributed by atoms with E-state index in [4.69, 9.17) is 0 Å². The van der Waals surface area contributed by atoms with E-state index < -0.39 is 5.97 Å². The van der Waals surface area contributed by atoms with Crippen LogP contribution in [0.25, 0.3) is 0 Å². The van der Waals surface area contributed by atoms with Gasteiger partial charge in [0.1, 0.15) is 5.69 Å². The van der Waals surface area contributed by atoms with Crippen molar-refractivity contribution in [1.82, 2.24) is 4.98 Å². The van der Waals surface area contributed by atoms with E-state index in [9.17, 15) is 9.90 Å². The van der Waals surface area contributed by atoms with Crippen molar-refractivity contribution in [2.24, 2.45) is 10.2 Å². The van der Waals surface area contributed by atoms with E-state index in [1.165, 1.54) is 11.3 Å². The van der Waals surface area contributed by atoms with Crippen LogP contribution < -0.4 is 4.90 Å². The highest BCUT2D eigenvalue weighted by Crippen LogP contribution is 2.27. The molecule has 0 fully saturated rings. The zero-order valence-corrected chi connectivity index (χ0v) is 12.2. The first-order valence-corrected chi connectivity index (χ1v) is 6.74. The number of aryl methyl sites for hydroxylation is 1. The topological polar surface area (TPSA) is 78.2 Å². The van der Waals surface area contributed by atoms with Gasteiger partial charge in [0.25, 0.3) is 0 Å². The molecule has 0 aliphatic carbocycles. The van der Waals surface area contributed by atoms with Gasteiger partial charge in [0.15, 0.2) is 0 Å². The quantitative estimate of drug-likeness (QED) is 0.872. The van der Waals surface area contributed by atoms with Crippen molar-refractivity contribution in [3.63, 3.8) is 0 Å². The number of carboxylic acid groups (broad SMARTS) is 1. The lowest BCUT2D eigenvalue weighted by Crippen LogP contribution is -2.09. The molecule has 0 amide bonds. The number of rotatable bonds is 4. The summed E-state index contributed by atoms with van der Waals surface area (Å²) in [5.41, 5.74) is 2.10. The van der Waals surface area contributed by atoms with Crippen LogP contribution in [0.4, 0.5) is 16.5 Å². The molecule has 1 aromatic heterocycles. The summed E-state index contributed by atoms with van der Waals surface area (Å²) in [6, 6.07) is 5.01. The lowest BCUT2D eigenvalue weighted by molar-refractivity contribution is 0.0698. The van der Waals surface area contributed by atoms with Gasteiger partial charge in [-0.3, -0.25) is 0 Å². The van der Waals surface area contributed by atoms with E-state index in [0.29, 0.717) is 10.8 Å². The fourth-order valence-electron chi connectivity index (χ4n) is 1.54. The van der Waals surface area contributed by atoms with Crippen molar-refractivity contribution >= 4 is 33.8 Å². The average Bonchev–Trinajstić information content (AvgIpc) is 2.81. The summed E-state index contributed by atoms with van der Waals surface area (Å²) in [5.74, 6) is -1.03. The maximum atomic E-state index is 11.3. The molecule has 1 N–H and O–H groups in total. The van der Waals surface area contributed by atoms with E-state index in [2.05, 4.69) is 15.2 Å². The molecule has 1 heterocycles. The Labute approximate surface area is 120 Å². The highest BCUT2D eigenvalue weighted by atomic mass is 32.1. The molecule has 0 bridgehead atoms. The largest absolute Gasteiger partial charge is 0.478 e. The Morgan fingerprint density at radius 2 is 2.10 bits per heavy atom. The average molecular weight is 290 g/mol. The molecule has 2 rings (SSSR count). The van der Waals surface area contributed by atoms with Crippen LogP contribution in [0.2, 0.25) is 0 Å². The molecule has 0 radical (unpaired) electrons. The monoisotopic (exact) mass is 290 g/mol. The maximum absolute atomic E-state index is 11.3. The summed E-state index contributed by atoms with van der Waals surface area (Å²) in [5, 5.41) is 19.6. The molecule has 0 atom stereocenters. The van der Waals surface area contributed by atoms with Crippen molar-refractivity contribution in [2.75, 3.05) is 19.0 Å².